The monoisotopic (exact) mass is 393 g/mol. The van der Waals surface area contributed by atoms with Crippen LogP contribution in [0.2, 0.25) is 5.02 Å². The van der Waals surface area contributed by atoms with E-state index in [0.717, 1.165) is 0 Å². The molecule has 2 atom stereocenters. The quantitative estimate of drug-likeness (QED) is 0.327. The molecule has 1 aromatic rings. The van der Waals surface area contributed by atoms with Gasteiger partial charge in [-0.25, -0.2) is 4.79 Å². The van der Waals surface area contributed by atoms with Crippen LogP contribution in [0.25, 0.3) is 0 Å². The number of aliphatic carboxylic acids is 1. The van der Waals surface area contributed by atoms with Crippen molar-refractivity contribution in [2.45, 2.75) is 45.3 Å². The number of halogens is 1. The van der Waals surface area contributed by atoms with Gasteiger partial charge in [0.2, 0.25) is 6.29 Å². The number of benzene rings is 1. The second kappa shape index (κ2) is 13.0. The number of esters is 1. The van der Waals surface area contributed by atoms with Crippen molar-refractivity contribution in [2.24, 2.45) is 0 Å². The van der Waals surface area contributed by atoms with Crippen molar-refractivity contribution >= 4 is 29.6 Å². The smallest absolute Gasteiger partial charge is 0.549 e. The van der Waals surface area contributed by atoms with Gasteiger partial charge in [0.05, 0.1) is 0 Å². The summed E-state index contributed by atoms with van der Waals surface area (Å²) < 4.78 is 9.73. The normalized spacial score (nSPS) is 12.3. The Morgan fingerprint density at radius 2 is 1.81 bits per heavy atom. The maximum absolute atomic E-state index is 11.6. The minimum atomic E-state index is -1.25. The van der Waals surface area contributed by atoms with Crippen LogP contribution in [-0.4, -0.2) is 30.9 Å². The molecule has 0 bridgehead atoms. The molecule has 0 saturated heterocycles. The molecule has 0 aromatic heterocycles. The number of carboxylic acids is 1. The SMILES string of the molecule is CCCC(=O)OC(C)OC(=O)NCCC(C(=O)[O-])c1ccc(Cl)cc1.[Na+]. The Morgan fingerprint density at radius 1 is 1.19 bits per heavy atom. The number of amides is 1. The molecule has 1 amide bonds. The molecule has 26 heavy (non-hydrogen) atoms. The molecule has 0 aliphatic rings. The third-order valence-electron chi connectivity index (χ3n) is 3.28. The van der Waals surface area contributed by atoms with E-state index in [4.69, 9.17) is 21.1 Å². The molecule has 0 fully saturated rings. The van der Waals surface area contributed by atoms with Gasteiger partial charge >= 0.3 is 41.6 Å². The van der Waals surface area contributed by atoms with Crippen LogP contribution in [0.5, 0.6) is 0 Å². The van der Waals surface area contributed by atoms with Crippen LogP contribution in [0, 0.1) is 0 Å². The molecule has 1 aromatic carbocycles. The fourth-order valence-electron chi connectivity index (χ4n) is 2.10. The van der Waals surface area contributed by atoms with Crippen LogP contribution in [-0.2, 0) is 19.1 Å². The molecular weight excluding hydrogens is 373 g/mol. The molecule has 0 heterocycles. The number of alkyl carbamates (subject to hydrolysis) is 1. The number of rotatable bonds is 9. The second-order valence-corrected chi connectivity index (χ2v) is 5.79. The van der Waals surface area contributed by atoms with Gasteiger partial charge in [-0.05, 0) is 30.5 Å². The molecule has 9 heteroatoms. The zero-order chi connectivity index (χ0) is 18.8. The molecule has 0 radical (unpaired) electrons. The van der Waals surface area contributed by atoms with Gasteiger partial charge in [0, 0.05) is 36.8 Å². The van der Waals surface area contributed by atoms with Gasteiger partial charge in [0.15, 0.2) is 0 Å². The van der Waals surface area contributed by atoms with Crippen molar-refractivity contribution in [3.8, 4) is 0 Å². The molecule has 0 aliphatic carbocycles. The van der Waals surface area contributed by atoms with Crippen molar-refractivity contribution in [1.82, 2.24) is 5.32 Å². The third-order valence-corrected chi connectivity index (χ3v) is 3.54. The molecule has 0 aliphatic heterocycles. The molecular formula is C17H21ClNNaO6. The van der Waals surface area contributed by atoms with Crippen molar-refractivity contribution in [3.05, 3.63) is 34.9 Å². The summed E-state index contributed by atoms with van der Waals surface area (Å²) in [6.45, 7) is 3.30. The van der Waals surface area contributed by atoms with Crippen LogP contribution in [0.15, 0.2) is 24.3 Å². The van der Waals surface area contributed by atoms with E-state index in [0.29, 0.717) is 17.0 Å². The van der Waals surface area contributed by atoms with Gasteiger partial charge in [-0.15, -0.1) is 0 Å². The van der Waals surface area contributed by atoms with E-state index in [2.05, 4.69) is 5.32 Å². The van der Waals surface area contributed by atoms with E-state index in [1.807, 2.05) is 6.92 Å². The van der Waals surface area contributed by atoms with Crippen LogP contribution in [0.1, 0.15) is 44.6 Å². The van der Waals surface area contributed by atoms with E-state index < -0.39 is 30.2 Å². The molecule has 1 rings (SSSR count). The molecule has 0 spiro atoms. The average Bonchev–Trinajstić information content (AvgIpc) is 2.52. The third kappa shape index (κ3) is 9.43. The van der Waals surface area contributed by atoms with E-state index in [1.54, 1.807) is 24.3 Å². The maximum Gasteiger partial charge on any atom is 1.00 e. The van der Waals surface area contributed by atoms with E-state index in [9.17, 15) is 19.5 Å². The molecule has 138 valence electrons. The Hall–Kier alpha value is -1.28. The number of hydrogen-bond acceptors (Lipinski definition) is 6. The van der Waals surface area contributed by atoms with Gasteiger partial charge in [-0.1, -0.05) is 30.7 Å². The number of carboxylic acid groups (broad SMARTS) is 1. The minimum absolute atomic E-state index is 0. The van der Waals surface area contributed by atoms with Crippen molar-refractivity contribution in [1.29, 1.82) is 0 Å². The topological polar surface area (TPSA) is 105 Å². The Morgan fingerprint density at radius 3 is 2.35 bits per heavy atom. The first kappa shape index (κ1) is 24.7. The largest absolute Gasteiger partial charge is 1.00 e. The summed E-state index contributed by atoms with van der Waals surface area (Å²) in [6, 6.07) is 6.36. The summed E-state index contributed by atoms with van der Waals surface area (Å²) in [5.74, 6) is -2.60. The number of carbonyl (C=O) groups is 3. The first-order valence-electron chi connectivity index (χ1n) is 7.93. The zero-order valence-electron chi connectivity index (χ0n) is 15.1. The van der Waals surface area contributed by atoms with Gasteiger partial charge in [0.25, 0.3) is 0 Å². The average molecular weight is 394 g/mol. The number of hydrogen-bond donors (Lipinski definition) is 1. The van der Waals surface area contributed by atoms with Crippen molar-refractivity contribution in [3.63, 3.8) is 0 Å². The van der Waals surface area contributed by atoms with Gasteiger partial charge < -0.3 is 24.7 Å². The van der Waals surface area contributed by atoms with E-state index in [-0.39, 0.29) is 48.9 Å². The minimum Gasteiger partial charge on any atom is -0.549 e. The van der Waals surface area contributed by atoms with Crippen molar-refractivity contribution < 1.29 is 58.5 Å². The predicted octanol–water partition coefficient (Wildman–Crippen LogP) is -1.02. The fraction of sp³-hybridized carbons (Fsp3) is 0.471. The van der Waals surface area contributed by atoms with Gasteiger partial charge in [-0.2, -0.15) is 0 Å². The number of nitrogens with one attached hydrogen (secondary N) is 1. The predicted molar refractivity (Wildman–Crippen MR) is 88.8 cm³/mol. The van der Waals surface area contributed by atoms with E-state index >= 15 is 0 Å². The summed E-state index contributed by atoms with van der Waals surface area (Å²) in [7, 11) is 0. The van der Waals surface area contributed by atoms with Crippen LogP contribution < -0.4 is 40.0 Å². The van der Waals surface area contributed by atoms with Gasteiger partial charge in [0.1, 0.15) is 0 Å². The number of carbonyl (C=O) groups excluding carboxylic acids is 3. The van der Waals surface area contributed by atoms with Gasteiger partial charge in [-0.3, -0.25) is 4.79 Å². The van der Waals surface area contributed by atoms with Crippen LogP contribution >= 0.6 is 11.6 Å². The standard InChI is InChI=1S/C17H22ClNO6.Na/c1-3-4-15(20)24-11(2)25-17(23)19-10-9-14(16(21)22)12-5-7-13(18)8-6-12;/h5-8,11,14H,3-4,9-10H2,1-2H3,(H,19,23)(H,21,22);/q;+1/p-1. The number of ether oxygens (including phenoxy) is 2. The summed E-state index contributed by atoms with van der Waals surface area (Å²) in [5, 5.41) is 14.2. The Kier molecular flexibility index (Phi) is 12.3. The Labute approximate surface area is 179 Å². The summed E-state index contributed by atoms with van der Waals surface area (Å²) in [6.07, 6.45) is -0.836. The second-order valence-electron chi connectivity index (χ2n) is 5.35. The molecule has 2 unspecified atom stereocenters. The molecule has 0 saturated carbocycles. The van der Waals surface area contributed by atoms with Crippen LogP contribution in [0.4, 0.5) is 4.79 Å². The molecule has 1 N–H and O–H groups in total. The molecule has 7 nitrogen and oxygen atoms in total. The summed E-state index contributed by atoms with van der Waals surface area (Å²) in [5.41, 5.74) is 0.529. The fourth-order valence-corrected chi connectivity index (χ4v) is 2.22. The Bertz CT molecular complexity index is 595. The summed E-state index contributed by atoms with van der Waals surface area (Å²) in [4.78, 5) is 34.2. The first-order valence-corrected chi connectivity index (χ1v) is 8.31. The maximum atomic E-state index is 11.6. The van der Waals surface area contributed by atoms with E-state index in [1.165, 1.54) is 6.92 Å². The first-order chi connectivity index (χ1) is 11.8. The van der Waals surface area contributed by atoms with Crippen molar-refractivity contribution in [2.75, 3.05) is 6.54 Å². The zero-order valence-corrected chi connectivity index (χ0v) is 17.9. The van der Waals surface area contributed by atoms with Crippen LogP contribution in [0.3, 0.4) is 0 Å². The summed E-state index contributed by atoms with van der Waals surface area (Å²) >= 11 is 5.77. The Balaban J connectivity index is 0.00000625.